The van der Waals surface area contributed by atoms with Gasteiger partial charge in [0.05, 0.1) is 17.4 Å². The van der Waals surface area contributed by atoms with Gasteiger partial charge in [0.15, 0.2) is 0 Å². The van der Waals surface area contributed by atoms with Gasteiger partial charge in [0.25, 0.3) is 0 Å². The number of rotatable bonds is 4. The predicted molar refractivity (Wildman–Crippen MR) is 79.2 cm³/mol. The molecule has 1 atom stereocenters. The largest absolute Gasteiger partial charge is 0.383 e. The number of piperidine rings is 1. The van der Waals surface area contributed by atoms with Gasteiger partial charge >= 0.3 is 0 Å². The van der Waals surface area contributed by atoms with Crippen molar-refractivity contribution in [1.82, 2.24) is 15.3 Å². The molecule has 0 spiro atoms. The van der Waals surface area contributed by atoms with Crippen LogP contribution in [0.25, 0.3) is 0 Å². The van der Waals surface area contributed by atoms with Crippen LogP contribution in [0.3, 0.4) is 0 Å². The van der Waals surface area contributed by atoms with Crippen LogP contribution in [0, 0.1) is 5.92 Å². The molecule has 0 aromatic carbocycles. The highest BCUT2D eigenvalue weighted by molar-refractivity contribution is 6.30. The minimum atomic E-state index is -0.904. The summed E-state index contributed by atoms with van der Waals surface area (Å²) in [5, 5.41) is 13.5. The van der Waals surface area contributed by atoms with E-state index in [1.165, 1.54) is 0 Å². The summed E-state index contributed by atoms with van der Waals surface area (Å²) in [5.74, 6) is 0.431. The Labute approximate surface area is 128 Å². The van der Waals surface area contributed by atoms with Crippen LogP contribution in [-0.4, -0.2) is 46.2 Å². The van der Waals surface area contributed by atoms with Crippen molar-refractivity contribution in [2.24, 2.45) is 5.92 Å². The Balaban J connectivity index is 1.52. The van der Waals surface area contributed by atoms with Crippen LogP contribution >= 0.6 is 11.6 Å². The number of aliphatic hydroxyl groups excluding tert-OH is 1. The van der Waals surface area contributed by atoms with Gasteiger partial charge in [0.1, 0.15) is 6.10 Å². The number of carbonyl (C=O) groups is 1. The Morgan fingerprint density at radius 3 is 2.48 bits per heavy atom. The summed E-state index contributed by atoms with van der Waals surface area (Å²) in [6, 6.07) is 0.287. The number of hydrogen-bond donors (Lipinski definition) is 2. The number of anilines is 1. The highest BCUT2D eigenvalue weighted by Gasteiger charge is 2.33. The van der Waals surface area contributed by atoms with E-state index in [0.717, 1.165) is 38.8 Å². The summed E-state index contributed by atoms with van der Waals surface area (Å²) < 4.78 is 0. The van der Waals surface area contributed by atoms with Gasteiger partial charge in [0.2, 0.25) is 11.9 Å². The van der Waals surface area contributed by atoms with Crippen LogP contribution in [-0.2, 0) is 4.79 Å². The van der Waals surface area contributed by atoms with E-state index >= 15 is 0 Å². The first-order chi connectivity index (χ1) is 10.1. The van der Waals surface area contributed by atoms with Gasteiger partial charge in [-0.1, -0.05) is 11.6 Å². The molecule has 3 rings (SSSR count). The number of hydrogen-bond acceptors (Lipinski definition) is 5. The molecule has 7 heteroatoms. The molecule has 2 fully saturated rings. The zero-order valence-corrected chi connectivity index (χ0v) is 12.5. The van der Waals surface area contributed by atoms with Crippen molar-refractivity contribution in [2.75, 3.05) is 18.0 Å². The van der Waals surface area contributed by atoms with Gasteiger partial charge < -0.3 is 15.3 Å². The second kappa shape index (κ2) is 6.15. The number of aliphatic hydroxyl groups is 1. The van der Waals surface area contributed by atoms with Crippen molar-refractivity contribution >= 4 is 23.5 Å². The van der Waals surface area contributed by atoms with Crippen molar-refractivity contribution < 1.29 is 9.90 Å². The Bertz CT molecular complexity index is 498. The molecule has 2 aliphatic rings. The molecule has 2 heterocycles. The van der Waals surface area contributed by atoms with Crippen molar-refractivity contribution in [1.29, 1.82) is 0 Å². The zero-order chi connectivity index (χ0) is 14.8. The molecule has 1 aromatic heterocycles. The van der Waals surface area contributed by atoms with E-state index in [1.54, 1.807) is 12.4 Å². The molecule has 6 nitrogen and oxygen atoms in total. The van der Waals surface area contributed by atoms with E-state index in [9.17, 15) is 9.90 Å². The van der Waals surface area contributed by atoms with Gasteiger partial charge in [-0.15, -0.1) is 0 Å². The van der Waals surface area contributed by atoms with Crippen LogP contribution in [0.5, 0.6) is 0 Å². The SMILES string of the molecule is O=C(NC1CC1)[C@H](O)C1CCN(c2ncc(Cl)cn2)CC1. The third-order valence-electron chi connectivity index (χ3n) is 4.07. The highest BCUT2D eigenvalue weighted by Crippen LogP contribution is 2.25. The van der Waals surface area contributed by atoms with E-state index in [4.69, 9.17) is 11.6 Å². The molecule has 1 aromatic rings. The number of aromatic nitrogens is 2. The first-order valence-corrected chi connectivity index (χ1v) is 7.72. The molecule has 1 saturated heterocycles. The molecule has 1 amide bonds. The lowest BCUT2D eigenvalue weighted by Gasteiger charge is -2.33. The first-order valence-electron chi connectivity index (χ1n) is 7.34. The van der Waals surface area contributed by atoms with E-state index in [1.807, 2.05) is 0 Å². The van der Waals surface area contributed by atoms with Gasteiger partial charge in [-0.3, -0.25) is 4.79 Å². The summed E-state index contributed by atoms with van der Waals surface area (Å²) in [6.07, 6.45) is 5.83. The van der Waals surface area contributed by atoms with Crippen molar-refractivity contribution in [3.05, 3.63) is 17.4 Å². The second-order valence-corrected chi connectivity index (χ2v) is 6.19. The van der Waals surface area contributed by atoms with E-state index in [2.05, 4.69) is 20.2 Å². The fourth-order valence-electron chi connectivity index (χ4n) is 2.61. The van der Waals surface area contributed by atoms with Crippen LogP contribution in [0.2, 0.25) is 5.02 Å². The number of amides is 1. The highest BCUT2D eigenvalue weighted by atomic mass is 35.5. The summed E-state index contributed by atoms with van der Waals surface area (Å²) >= 11 is 5.78. The van der Waals surface area contributed by atoms with Crippen LogP contribution < -0.4 is 10.2 Å². The number of carbonyl (C=O) groups excluding carboxylic acids is 1. The van der Waals surface area contributed by atoms with Gasteiger partial charge in [-0.25, -0.2) is 9.97 Å². The Morgan fingerprint density at radius 2 is 1.90 bits per heavy atom. The summed E-state index contributed by atoms with van der Waals surface area (Å²) in [4.78, 5) is 22.3. The number of nitrogens with zero attached hydrogens (tertiary/aromatic N) is 3. The van der Waals surface area contributed by atoms with Crippen LogP contribution in [0.1, 0.15) is 25.7 Å². The van der Waals surface area contributed by atoms with Gasteiger partial charge in [-0.2, -0.15) is 0 Å². The van der Waals surface area contributed by atoms with E-state index < -0.39 is 6.10 Å². The average molecular weight is 311 g/mol. The molecule has 21 heavy (non-hydrogen) atoms. The standard InChI is InChI=1S/C14H19ClN4O2/c15-10-7-16-14(17-8-10)19-5-3-9(4-6-19)12(20)13(21)18-11-1-2-11/h7-9,11-12,20H,1-6H2,(H,18,21)/t12-/m1/s1. The molecule has 1 saturated carbocycles. The average Bonchev–Trinajstić information content (AvgIpc) is 3.31. The van der Waals surface area contributed by atoms with Crippen molar-refractivity contribution in [2.45, 2.75) is 37.8 Å². The summed E-state index contributed by atoms with van der Waals surface area (Å²) in [7, 11) is 0. The Kier molecular flexibility index (Phi) is 4.26. The Hall–Kier alpha value is -1.40. The summed E-state index contributed by atoms with van der Waals surface area (Å²) in [5.41, 5.74) is 0. The third kappa shape index (κ3) is 3.63. The smallest absolute Gasteiger partial charge is 0.249 e. The monoisotopic (exact) mass is 310 g/mol. The van der Waals surface area contributed by atoms with E-state index in [-0.39, 0.29) is 17.9 Å². The Morgan fingerprint density at radius 1 is 1.29 bits per heavy atom. The molecular formula is C14H19ClN4O2. The lowest BCUT2D eigenvalue weighted by Crippen LogP contribution is -2.45. The zero-order valence-electron chi connectivity index (χ0n) is 11.7. The van der Waals surface area contributed by atoms with Crippen molar-refractivity contribution in [3.8, 4) is 0 Å². The quantitative estimate of drug-likeness (QED) is 0.867. The van der Waals surface area contributed by atoms with Gasteiger partial charge in [-0.05, 0) is 31.6 Å². The second-order valence-electron chi connectivity index (χ2n) is 5.75. The lowest BCUT2D eigenvalue weighted by atomic mass is 9.91. The molecule has 1 aliphatic carbocycles. The number of halogens is 1. The van der Waals surface area contributed by atoms with Crippen molar-refractivity contribution in [3.63, 3.8) is 0 Å². The maximum Gasteiger partial charge on any atom is 0.249 e. The van der Waals surface area contributed by atoms with Crippen LogP contribution in [0.4, 0.5) is 5.95 Å². The topological polar surface area (TPSA) is 78.4 Å². The molecule has 114 valence electrons. The molecule has 0 radical (unpaired) electrons. The van der Waals surface area contributed by atoms with Crippen LogP contribution in [0.15, 0.2) is 12.4 Å². The molecular weight excluding hydrogens is 292 g/mol. The first kappa shape index (κ1) is 14.5. The predicted octanol–water partition coefficient (Wildman–Crippen LogP) is 0.986. The minimum absolute atomic E-state index is 0.00676. The fraction of sp³-hybridized carbons (Fsp3) is 0.643. The molecule has 2 N–H and O–H groups in total. The lowest BCUT2D eigenvalue weighted by molar-refractivity contribution is -0.132. The molecule has 0 bridgehead atoms. The normalized spacial score (nSPS) is 21.1. The summed E-state index contributed by atoms with van der Waals surface area (Å²) in [6.45, 7) is 1.47. The van der Waals surface area contributed by atoms with Gasteiger partial charge in [0, 0.05) is 19.1 Å². The fourth-order valence-corrected chi connectivity index (χ4v) is 2.71. The number of nitrogens with one attached hydrogen (secondary N) is 1. The molecule has 1 aliphatic heterocycles. The van der Waals surface area contributed by atoms with E-state index in [0.29, 0.717) is 11.0 Å². The third-order valence-corrected chi connectivity index (χ3v) is 4.26. The molecule has 0 unspecified atom stereocenters. The maximum atomic E-state index is 11.9. The maximum absolute atomic E-state index is 11.9. The minimum Gasteiger partial charge on any atom is -0.383 e.